The van der Waals surface area contributed by atoms with Gasteiger partial charge in [0.1, 0.15) is 5.82 Å². The summed E-state index contributed by atoms with van der Waals surface area (Å²) in [6, 6.07) is 9.59. The van der Waals surface area contributed by atoms with Gasteiger partial charge in [-0.1, -0.05) is 12.1 Å². The number of aromatic amines is 1. The van der Waals surface area contributed by atoms with E-state index in [0.29, 0.717) is 5.82 Å². The third kappa shape index (κ3) is 1.76. The number of nitrogens with two attached hydrogens (primary N) is 1. The fourth-order valence-corrected chi connectivity index (χ4v) is 1.61. The quantitative estimate of drug-likeness (QED) is 0.688. The monoisotopic (exact) mass is 226 g/mol. The smallest absolute Gasteiger partial charge is 0.145 e. The number of nitrogens with one attached hydrogen (secondary N) is 1. The molecule has 0 saturated carbocycles. The number of nitrogen functional groups attached to an aromatic ring is 1. The van der Waals surface area contributed by atoms with Crippen molar-refractivity contribution < 1.29 is 0 Å². The third-order valence-corrected chi connectivity index (χ3v) is 2.43. The van der Waals surface area contributed by atoms with E-state index < -0.39 is 0 Å². The number of anilines is 1. The minimum Gasteiger partial charge on any atom is -0.382 e. The van der Waals surface area contributed by atoms with Gasteiger partial charge in [-0.3, -0.25) is 5.10 Å². The summed E-state index contributed by atoms with van der Waals surface area (Å²) in [4.78, 5) is 1.56. The van der Waals surface area contributed by atoms with Crippen LogP contribution in [0.2, 0.25) is 0 Å². The molecule has 0 aliphatic heterocycles. The first kappa shape index (κ1) is 9.59. The van der Waals surface area contributed by atoms with Crippen molar-refractivity contribution in [2.45, 2.75) is 0 Å². The molecule has 1 aromatic carbocycles. The summed E-state index contributed by atoms with van der Waals surface area (Å²) in [5.74, 6) is 0.484. The first-order valence-electron chi connectivity index (χ1n) is 5.11. The second kappa shape index (κ2) is 3.75. The Morgan fingerprint density at radius 1 is 1.06 bits per heavy atom. The molecular formula is C11H10N6. The van der Waals surface area contributed by atoms with Gasteiger partial charge in [0.15, 0.2) is 0 Å². The van der Waals surface area contributed by atoms with E-state index in [2.05, 4.69) is 20.4 Å². The van der Waals surface area contributed by atoms with E-state index in [1.165, 1.54) is 0 Å². The predicted octanol–water partition coefficient (Wildman–Crippen LogP) is 1.24. The minimum atomic E-state index is 0.484. The van der Waals surface area contributed by atoms with Crippen LogP contribution < -0.4 is 5.73 Å². The van der Waals surface area contributed by atoms with Crippen LogP contribution in [0.5, 0.6) is 0 Å². The minimum absolute atomic E-state index is 0.484. The lowest BCUT2D eigenvalue weighted by atomic mass is 10.1. The SMILES string of the molecule is Nc1cc(-c2ccc(-n3nccn3)cc2)[nH]n1. The maximum Gasteiger partial charge on any atom is 0.145 e. The van der Waals surface area contributed by atoms with Crippen molar-refractivity contribution in [2.75, 3.05) is 5.73 Å². The molecule has 0 fully saturated rings. The summed E-state index contributed by atoms with van der Waals surface area (Å²) in [6.45, 7) is 0. The molecule has 0 amide bonds. The lowest BCUT2D eigenvalue weighted by Gasteiger charge is -2.01. The van der Waals surface area contributed by atoms with E-state index in [0.717, 1.165) is 16.9 Å². The van der Waals surface area contributed by atoms with Crippen LogP contribution in [0.4, 0.5) is 5.82 Å². The molecule has 17 heavy (non-hydrogen) atoms. The molecule has 0 bridgehead atoms. The highest BCUT2D eigenvalue weighted by Crippen LogP contribution is 2.19. The van der Waals surface area contributed by atoms with Gasteiger partial charge in [-0.2, -0.15) is 20.1 Å². The topological polar surface area (TPSA) is 85.4 Å². The maximum absolute atomic E-state index is 5.56. The summed E-state index contributed by atoms with van der Waals surface area (Å²) < 4.78 is 0. The molecular weight excluding hydrogens is 216 g/mol. The number of aromatic nitrogens is 5. The number of hydrogen-bond donors (Lipinski definition) is 2. The molecule has 3 N–H and O–H groups in total. The molecule has 0 spiro atoms. The van der Waals surface area contributed by atoms with E-state index in [-0.39, 0.29) is 0 Å². The fraction of sp³-hybridized carbons (Fsp3) is 0. The zero-order chi connectivity index (χ0) is 11.7. The Bertz CT molecular complexity index is 608. The van der Waals surface area contributed by atoms with Gasteiger partial charge in [0, 0.05) is 6.07 Å². The van der Waals surface area contributed by atoms with Gasteiger partial charge in [-0.25, -0.2) is 0 Å². The van der Waals surface area contributed by atoms with Crippen LogP contribution in [-0.4, -0.2) is 25.2 Å². The van der Waals surface area contributed by atoms with Gasteiger partial charge in [0.05, 0.1) is 23.8 Å². The Morgan fingerprint density at radius 3 is 2.35 bits per heavy atom. The summed E-state index contributed by atoms with van der Waals surface area (Å²) in [5, 5.41) is 14.9. The van der Waals surface area contributed by atoms with Gasteiger partial charge < -0.3 is 5.73 Å². The van der Waals surface area contributed by atoms with Crippen molar-refractivity contribution in [1.82, 2.24) is 25.2 Å². The fourth-order valence-electron chi connectivity index (χ4n) is 1.61. The van der Waals surface area contributed by atoms with Crippen LogP contribution in [0.1, 0.15) is 0 Å². The Morgan fingerprint density at radius 2 is 1.76 bits per heavy atom. The summed E-state index contributed by atoms with van der Waals surface area (Å²) in [7, 11) is 0. The summed E-state index contributed by atoms with van der Waals surface area (Å²) in [6.07, 6.45) is 3.28. The first-order valence-corrected chi connectivity index (χ1v) is 5.11. The van der Waals surface area contributed by atoms with Gasteiger partial charge in [-0.05, 0) is 17.7 Å². The first-order chi connectivity index (χ1) is 8.33. The Hall–Kier alpha value is -2.63. The largest absolute Gasteiger partial charge is 0.382 e. The van der Waals surface area contributed by atoms with E-state index >= 15 is 0 Å². The third-order valence-electron chi connectivity index (χ3n) is 2.43. The molecule has 2 heterocycles. The highest BCUT2D eigenvalue weighted by atomic mass is 15.5. The van der Waals surface area contributed by atoms with Crippen LogP contribution in [0.25, 0.3) is 16.9 Å². The number of H-pyrrole nitrogens is 1. The second-order valence-electron chi connectivity index (χ2n) is 3.57. The Kier molecular flexibility index (Phi) is 2.11. The molecule has 3 aromatic rings. The van der Waals surface area contributed by atoms with Crippen molar-refractivity contribution in [2.24, 2.45) is 0 Å². The molecule has 6 heteroatoms. The highest BCUT2D eigenvalue weighted by molar-refractivity contribution is 5.63. The average molecular weight is 226 g/mol. The zero-order valence-electron chi connectivity index (χ0n) is 8.91. The number of hydrogen-bond acceptors (Lipinski definition) is 4. The molecule has 3 rings (SSSR count). The van der Waals surface area contributed by atoms with Crippen molar-refractivity contribution >= 4 is 5.82 Å². The van der Waals surface area contributed by atoms with Crippen molar-refractivity contribution in [3.8, 4) is 16.9 Å². The van der Waals surface area contributed by atoms with E-state index in [1.54, 1.807) is 23.3 Å². The molecule has 0 aliphatic carbocycles. The molecule has 6 nitrogen and oxygen atoms in total. The zero-order valence-corrected chi connectivity index (χ0v) is 8.91. The normalized spacial score (nSPS) is 10.6. The van der Waals surface area contributed by atoms with Crippen LogP contribution in [0, 0.1) is 0 Å². The second-order valence-corrected chi connectivity index (χ2v) is 3.57. The maximum atomic E-state index is 5.56. The standard InChI is InChI=1S/C11H10N6/c12-11-7-10(15-16-11)8-1-3-9(4-2-8)17-13-5-6-14-17/h1-7H,(H3,12,15,16). The average Bonchev–Trinajstić information content (AvgIpc) is 3.00. The number of benzene rings is 1. The van der Waals surface area contributed by atoms with Crippen LogP contribution in [-0.2, 0) is 0 Å². The van der Waals surface area contributed by atoms with E-state index in [9.17, 15) is 0 Å². The Balaban J connectivity index is 1.95. The van der Waals surface area contributed by atoms with Gasteiger partial charge >= 0.3 is 0 Å². The molecule has 0 saturated heterocycles. The molecule has 2 aromatic heterocycles. The van der Waals surface area contributed by atoms with Gasteiger partial charge in [-0.15, -0.1) is 0 Å². The number of rotatable bonds is 2. The summed E-state index contributed by atoms with van der Waals surface area (Å²) >= 11 is 0. The van der Waals surface area contributed by atoms with Crippen LogP contribution >= 0.6 is 0 Å². The van der Waals surface area contributed by atoms with Crippen molar-refractivity contribution in [3.63, 3.8) is 0 Å². The van der Waals surface area contributed by atoms with E-state index in [1.807, 2.05) is 24.3 Å². The van der Waals surface area contributed by atoms with Crippen LogP contribution in [0.3, 0.4) is 0 Å². The van der Waals surface area contributed by atoms with Crippen molar-refractivity contribution in [1.29, 1.82) is 0 Å². The van der Waals surface area contributed by atoms with Gasteiger partial charge in [0.25, 0.3) is 0 Å². The molecule has 0 atom stereocenters. The van der Waals surface area contributed by atoms with Gasteiger partial charge in [0.2, 0.25) is 0 Å². The molecule has 0 unspecified atom stereocenters. The van der Waals surface area contributed by atoms with E-state index in [4.69, 9.17) is 5.73 Å². The van der Waals surface area contributed by atoms with Crippen molar-refractivity contribution in [3.05, 3.63) is 42.7 Å². The van der Waals surface area contributed by atoms with Crippen LogP contribution in [0.15, 0.2) is 42.7 Å². The lowest BCUT2D eigenvalue weighted by Crippen LogP contribution is -1.97. The molecule has 0 aliphatic rings. The predicted molar refractivity (Wildman–Crippen MR) is 63.4 cm³/mol. The molecule has 84 valence electrons. The number of nitrogens with zero attached hydrogens (tertiary/aromatic N) is 4. The molecule has 0 radical (unpaired) electrons. The summed E-state index contributed by atoms with van der Waals surface area (Å²) in [5.41, 5.74) is 8.37. The Labute approximate surface area is 97.1 Å². The highest BCUT2D eigenvalue weighted by Gasteiger charge is 2.02. The lowest BCUT2D eigenvalue weighted by molar-refractivity contribution is 0.752.